The lowest BCUT2D eigenvalue weighted by atomic mass is 10.0. The molecule has 0 saturated carbocycles. The zero-order chi connectivity index (χ0) is 31.9. The highest BCUT2D eigenvalue weighted by Crippen LogP contribution is 2.33. The number of aromatic nitrogens is 3. The van der Waals surface area contributed by atoms with Crippen LogP contribution in [0.3, 0.4) is 0 Å². The summed E-state index contributed by atoms with van der Waals surface area (Å²) in [7, 11) is 1.55. The van der Waals surface area contributed by atoms with E-state index < -0.39 is 17.9 Å². The first-order valence-corrected chi connectivity index (χ1v) is 14.7. The Morgan fingerprint density at radius 2 is 1.82 bits per heavy atom. The molecule has 0 aliphatic carbocycles. The molecule has 1 atom stereocenters. The molecule has 45 heavy (non-hydrogen) atoms. The number of nitrogens with one attached hydrogen (secondary N) is 2. The van der Waals surface area contributed by atoms with Crippen molar-refractivity contribution in [3.63, 3.8) is 0 Å². The number of rotatable bonds is 4. The second-order valence-electron chi connectivity index (χ2n) is 10.8. The summed E-state index contributed by atoms with van der Waals surface area (Å²) >= 11 is 0. The maximum Gasteiger partial charge on any atom is 0.258 e. The fraction of sp³-hybridized carbons (Fsp3) is 0.333. The van der Waals surface area contributed by atoms with E-state index in [0.717, 1.165) is 5.56 Å². The standard InChI is InChI=1S/C33H36N6O6/c1-20-30(21(2)36-19-35-20)33(42)39-13-8-14-44-28-16-24(11-12-27(28)43-4)32-38-26(22(3)45-32)17-34-31(41)25(37-29(40)18-39)15-23-9-6-5-7-10-23/h5-7,9-12,16,19,25H,8,13-15,17-18H2,1-4H3,(H,34,41)(H,37,40)/t25-/m1/s1. The summed E-state index contributed by atoms with van der Waals surface area (Å²) in [4.78, 5) is 55.2. The fourth-order valence-electron chi connectivity index (χ4n) is 5.16. The Labute approximate surface area is 261 Å². The van der Waals surface area contributed by atoms with E-state index in [1.54, 1.807) is 40.0 Å². The molecule has 3 heterocycles. The molecule has 0 fully saturated rings. The molecule has 0 radical (unpaired) electrons. The van der Waals surface area contributed by atoms with Crippen molar-refractivity contribution in [2.45, 2.75) is 46.2 Å². The van der Waals surface area contributed by atoms with Gasteiger partial charge in [0.05, 0.1) is 43.8 Å². The Hall–Kier alpha value is -5.26. The summed E-state index contributed by atoms with van der Waals surface area (Å²) in [5, 5.41) is 5.75. The van der Waals surface area contributed by atoms with Crippen LogP contribution in [0.15, 0.2) is 59.3 Å². The van der Waals surface area contributed by atoms with Gasteiger partial charge < -0.3 is 29.4 Å². The average molecular weight is 613 g/mol. The number of carbonyl (C=O) groups is 3. The van der Waals surface area contributed by atoms with Gasteiger partial charge in [0.1, 0.15) is 23.8 Å². The molecule has 5 rings (SSSR count). The number of hydrogen-bond acceptors (Lipinski definition) is 9. The molecule has 2 N–H and O–H groups in total. The van der Waals surface area contributed by atoms with Crippen molar-refractivity contribution in [1.29, 1.82) is 0 Å². The van der Waals surface area contributed by atoms with Gasteiger partial charge in [-0.3, -0.25) is 14.4 Å². The van der Waals surface area contributed by atoms with E-state index in [9.17, 15) is 14.4 Å². The molecule has 3 amide bonds. The number of methoxy groups -OCH3 is 1. The number of nitrogens with zero attached hydrogens (tertiary/aromatic N) is 4. The number of aryl methyl sites for hydroxylation is 3. The van der Waals surface area contributed by atoms with E-state index in [0.29, 0.717) is 57.8 Å². The molecular weight excluding hydrogens is 576 g/mol. The number of fused-ring (bicyclic) bond motifs is 5. The average Bonchev–Trinajstić information content (AvgIpc) is 3.40. The summed E-state index contributed by atoms with van der Waals surface area (Å²) in [5.74, 6) is 0.661. The summed E-state index contributed by atoms with van der Waals surface area (Å²) in [6.45, 7) is 5.46. The number of hydrogen-bond donors (Lipinski definition) is 2. The van der Waals surface area contributed by atoms with Crippen LogP contribution in [0.1, 0.15) is 45.2 Å². The van der Waals surface area contributed by atoms with Crippen molar-refractivity contribution in [2.75, 3.05) is 26.8 Å². The van der Waals surface area contributed by atoms with E-state index in [4.69, 9.17) is 13.9 Å². The predicted octanol–water partition coefficient (Wildman–Crippen LogP) is 3.33. The molecule has 2 aromatic heterocycles. The molecule has 2 aromatic carbocycles. The van der Waals surface area contributed by atoms with Crippen molar-refractivity contribution < 1.29 is 28.3 Å². The highest BCUT2D eigenvalue weighted by molar-refractivity contribution is 5.98. The van der Waals surface area contributed by atoms with Crippen LogP contribution >= 0.6 is 0 Å². The van der Waals surface area contributed by atoms with Crippen LogP contribution in [0.25, 0.3) is 11.5 Å². The first-order chi connectivity index (χ1) is 21.7. The lowest BCUT2D eigenvalue weighted by Crippen LogP contribution is -2.51. The van der Waals surface area contributed by atoms with Gasteiger partial charge in [-0.15, -0.1) is 0 Å². The number of benzene rings is 2. The minimum atomic E-state index is -0.904. The van der Waals surface area contributed by atoms with E-state index in [1.165, 1.54) is 11.2 Å². The normalized spacial score (nSPS) is 16.1. The zero-order valence-corrected chi connectivity index (χ0v) is 25.8. The van der Waals surface area contributed by atoms with Gasteiger partial charge in [0.2, 0.25) is 17.7 Å². The second-order valence-corrected chi connectivity index (χ2v) is 10.8. The van der Waals surface area contributed by atoms with Gasteiger partial charge in [0.25, 0.3) is 5.91 Å². The lowest BCUT2D eigenvalue weighted by molar-refractivity contribution is -0.129. The fourth-order valence-corrected chi connectivity index (χ4v) is 5.16. The predicted molar refractivity (Wildman–Crippen MR) is 165 cm³/mol. The first kappa shape index (κ1) is 31.2. The zero-order valence-electron chi connectivity index (χ0n) is 25.8. The van der Waals surface area contributed by atoms with Gasteiger partial charge in [-0.25, -0.2) is 15.0 Å². The molecule has 1 aliphatic rings. The Bertz CT molecular complexity index is 1670. The molecule has 12 nitrogen and oxygen atoms in total. The molecule has 0 saturated heterocycles. The van der Waals surface area contributed by atoms with Crippen molar-refractivity contribution in [2.24, 2.45) is 0 Å². The lowest BCUT2D eigenvalue weighted by Gasteiger charge is -2.25. The van der Waals surface area contributed by atoms with Gasteiger partial charge in [0.15, 0.2) is 11.5 Å². The van der Waals surface area contributed by atoms with Gasteiger partial charge in [-0.2, -0.15) is 0 Å². The third kappa shape index (κ3) is 7.46. The maximum atomic E-state index is 13.8. The van der Waals surface area contributed by atoms with Crippen LogP contribution in [0.5, 0.6) is 11.5 Å². The third-order valence-electron chi connectivity index (χ3n) is 7.56. The summed E-state index contributed by atoms with van der Waals surface area (Å²) in [5.41, 5.74) is 3.45. The Morgan fingerprint density at radius 1 is 1.07 bits per heavy atom. The van der Waals surface area contributed by atoms with Gasteiger partial charge in [0, 0.05) is 18.5 Å². The van der Waals surface area contributed by atoms with Gasteiger partial charge in [-0.05, 0) is 51.0 Å². The van der Waals surface area contributed by atoms with Crippen molar-refractivity contribution in [3.05, 3.63) is 88.8 Å². The Morgan fingerprint density at radius 3 is 2.56 bits per heavy atom. The monoisotopic (exact) mass is 612 g/mol. The van der Waals surface area contributed by atoms with Gasteiger partial charge in [-0.1, -0.05) is 30.3 Å². The van der Waals surface area contributed by atoms with Crippen LogP contribution in [-0.4, -0.2) is 70.4 Å². The highest BCUT2D eigenvalue weighted by atomic mass is 16.5. The number of carbonyl (C=O) groups excluding carboxylic acids is 3. The quantitative estimate of drug-likeness (QED) is 0.354. The van der Waals surface area contributed by atoms with Crippen LogP contribution in [0, 0.1) is 20.8 Å². The second kappa shape index (κ2) is 14.0. The summed E-state index contributed by atoms with van der Waals surface area (Å²) in [6.07, 6.45) is 2.05. The summed E-state index contributed by atoms with van der Waals surface area (Å²) in [6, 6.07) is 13.8. The van der Waals surface area contributed by atoms with Crippen molar-refractivity contribution in [1.82, 2.24) is 30.5 Å². The Balaban J connectivity index is 1.48. The highest BCUT2D eigenvalue weighted by Gasteiger charge is 2.27. The third-order valence-corrected chi connectivity index (χ3v) is 7.56. The van der Waals surface area contributed by atoms with E-state index in [2.05, 4.69) is 25.6 Å². The number of amides is 3. The van der Waals surface area contributed by atoms with Crippen molar-refractivity contribution in [3.8, 4) is 23.0 Å². The molecule has 12 heteroatoms. The first-order valence-electron chi connectivity index (χ1n) is 14.7. The largest absolute Gasteiger partial charge is 0.493 e. The molecule has 234 valence electrons. The minimum Gasteiger partial charge on any atom is -0.493 e. The minimum absolute atomic E-state index is 0.0893. The van der Waals surface area contributed by atoms with Crippen molar-refractivity contribution >= 4 is 17.7 Å². The molecular formula is C33H36N6O6. The van der Waals surface area contributed by atoms with E-state index in [1.807, 2.05) is 36.4 Å². The van der Waals surface area contributed by atoms with E-state index in [-0.39, 0.29) is 38.6 Å². The maximum absolute atomic E-state index is 13.8. The number of oxazole rings is 1. The molecule has 1 aliphatic heterocycles. The van der Waals surface area contributed by atoms with Crippen LogP contribution in [0.2, 0.25) is 0 Å². The Kier molecular flexibility index (Phi) is 9.71. The molecule has 0 spiro atoms. The van der Waals surface area contributed by atoms with E-state index >= 15 is 0 Å². The SMILES string of the molecule is COc1ccc2cc1OCCCN(C(=O)c1c(C)ncnc1C)CC(=O)N[C@H](Cc1ccccc1)C(=O)NCc1nc-2oc1C. The van der Waals surface area contributed by atoms with Crippen LogP contribution in [0.4, 0.5) is 0 Å². The molecule has 4 bridgehead atoms. The number of ether oxygens (including phenoxy) is 2. The molecule has 0 unspecified atom stereocenters. The summed E-state index contributed by atoms with van der Waals surface area (Å²) < 4.78 is 17.5. The van der Waals surface area contributed by atoms with Crippen LogP contribution in [-0.2, 0) is 22.6 Å². The van der Waals surface area contributed by atoms with Gasteiger partial charge >= 0.3 is 0 Å². The topological polar surface area (TPSA) is 149 Å². The van der Waals surface area contributed by atoms with Crippen LogP contribution < -0.4 is 20.1 Å². The molecule has 4 aromatic rings. The smallest absolute Gasteiger partial charge is 0.258 e.